The first-order valence-electron chi connectivity index (χ1n) is 8.62. The maximum Gasteiger partial charge on any atom is 0.119 e. The minimum Gasteiger partial charge on any atom is -0.494 e. The molecule has 0 aliphatic carbocycles. The molecule has 0 amide bonds. The van der Waals surface area contributed by atoms with E-state index in [-0.39, 0.29) is 5.41 Å². The SMILES string of the molecule is CCOc1ccc2c(c1)C(C)(C)C(/C=N/N(C)c1ccc(C)cc1)=N2. The van der Waals surface area contributed by atoms with Crippen molar-refractivity contribution in [3.8, 4) is 5.75 Å². The second kappa shape index (κ2) is 6.71. The van der Waals surface area contributed by atoms with Gasteiger partial charge in [-0.2, -0.15) is 5.10 Å². The Labute approximate surface area is 149 Å². The Kier molecular flexibility index (Phi) is 4.62. The third-order valence-electron chi connectivity index (χ3n) is 4.59. The number of fused-ring (bicyclic) bond motifs is 1. The monoisotopic (exact) mass is 335 g/mol. The molecule has 130 valence electrons. The first-order valence-corrected chi connectivity index (χ1v) is 8.62. The molecule has 0 radical (unpaired) electrons. The number of anilines is 1. The number of ether oxygens (including phenoxy) is 1. The molecule has 0 saturated heterocycles. The van der Waals surface area contributed by atoms with Gasteiger partial charge in [-0.3, -0.25) is 10.0 Å². The Morgan fingerprint density at radius 1 is 1.16 bits per heavy atom. The Morgan fingerprint density at radius 2 is 1.88 bits per heavy atom. The van der Waals surface area contributed by atoms with Gasteiger partial charge in [-0.1, -0.05) is 31.5 Å². The summed E-state index contributed by atoms with van der Waals surface area (Å²) in [5.74, 6) is 0.888. The normalized spacial score (nSPS) is 15.2. The lowest BCUT2D eigenvalue weighted by atomic mass is 9.82. The molecule has 0 N–H and O–H groups in total. The summed E-state index contributed by atoms with van der Waals surface area (Å²) >= 11 is 0. The molecule has 0 saturated carbocycles. The van der Waals surface area contributed by atoms with Gasteiger partial charge in [0, 0.05) is 12.5 Å². The highest BCUT2D eigenvalue weighted by Crippen LogP contribution is 2.41. The molecule has 1 heterocycles. The first-order chi connectivity index (χ1) is 11.9. The second-order valence-electron chi connectivity index (χ2n) is 6.84. The van der Waals surface area contributed by atoms with Crippen LogP contribution in [-0.4, -0.2) is 25.6 Å². The zero-order valence-corrected chi connectivity index (χ0v) is 15.6. The number of aliphatic imine (C=N–C) groups is 1. The summed E-state index contributed by atoms with van der Waals surface area (Å²) in [5, 5.41) is 6.46. The van der Waals surface area contributed by atoms with Gasteiger partial charge in [0.2, 0.25) is 0 Å². The zero-order valence-electron chi connectivity index (χ0n) is 15.6. The van der Waals surface area contributed by atoms with Crippen molar-refractivity contribution < 1.29 is 4.74 Å². The predicted molar refractivity (Wildman–Crippen MR) is 106 cm³/mol. The van der Waals surface area contributed by atoms with E-state index in [1.807, 2.05) is 37.3 Å². The molecule has 4 nitrogen and oxygen atoms in total. The molecule has 2 aromatic carbocycles. The van der Waals surface area contributed by atoms with Crippen molar-refractivity contribution >= 4 is 23.3 Å². The Hall–Kier alpha value is -2.62. The molecule has 1 aliphatic heterocycles. The van der Waals surface area contributed by atoms with Gasteiger partial charge in [0.05, 0.1) is 29.9 Å². The van der Waals surface area contributed by atoms with Crippen LogP contribution in [0.5, 0.6) is 5.75 Å². The van der Waals surface area contributed by atoms with Crippen LogP contribution in [-0.2, 0) is 5.41 Å². The Bertz CT molecular complexity index is 820. The average Bonchev–Trinajstić information content (AvgIpc) is 2.84. The highest BCUT2D eigenvalue weighted by molar-refractivity contribution is 6.36. The maximum atomic E-state index is 5.63. The van der Waals surface area contributed by atoms with Crippen LogP contribution in [0.1, 0.15) is 31.9 Å². The van der Waals surface area contributed by atoms with Gasteiger partial charge in [0.25, 0.3) is 0 Å². The minimum atomic E-state index is -0.194. The molecule has 2 aromatic rings. The van der Waals surface area contributed by atoms with Gasteiger partial charge in [-0.15, -0.1) is 0 Å². The van der Waals surface area contributed by atoms with Crippen molar-refractivity contribution in [1.29, 1.82) is 0 Å². The van der Waals surface area contributed by atoms with Gasteiger partial charge in [-0.25, -0.2) is 0 Å². The summed E-state index contributed by atoms with van der Waals surface area (Å²) in [6.45, 7) is 9.08. The number of hydrazone groups is 1. The topological polar surface area (TPSA) is 37.2 Å². The van der Waals surface area contributed by atoms with E-state index in [2.05, 4.69) is 56.2 Å². The average molecular weight is 335 g/mol. The molecule has 0 fully saturated rings. The quantitative estimate of drug-likeness (QED) is 0.577. The molecular formula is C21H25N3O. The lowest BCUT2D eigenvalue weighted by Gasteiger charge is -2.21. The summed E-state index contributed by atoms with van der Waals surface area (Å²) in [6, 6.07) is 14.4. The predicted octanol–water partition coefficient (Wildman–Crippen LogP) is 4.88. The molecule has 1 aliphatic rings. The smallest absolute Gasteiger partial charge is 0.119 e. The van der Waals surface area contributed by atoms with E-state index >= 15 is 0 Å². The molecule has 4 heteroatoms. The fourth-order valence-corrected chi connectivity index (χ4v) is 2.94. The van der Waals surface area contributed by atoms with Crippen molar-refractivity contribution in [1.82, 2.24) is 0 Å². The third kappa shape index (κ3) is 3.43. The maximum absolute atomic E-state index is 5.63. The van der Waals surface area contributed by atoms with Crippen LogP contribution >= 0.6 is 0 Å². The van der Waals surface area contributed by atoms with Crippen molar-refractivity contribution in [3.63, 3.8) is 0 Å². The number of benzene rings is 2. The van der Waals surface area contributed by atoms with Crippen molar-refractivity contribution in [2.24, 2.45) is 10.1 Å². The summed E-state index contributed by atoms with van der Waals surface area (Å²) < 4.78 is 5.63. The van der Waals surface area contributed by atoms with E-state index in [9.17, 15) is 0 Å². The number of hydrogen-bond acceptors (Lipinski definition) is 4. The summed E-state index contributed by atoms with van der Waals surface area (Å²) in [6.07, 6.45) is 1.86. The van der Waals surface area contributed by atoms with Gasteiger partial charge in [0.1, 0.15) is 5.75 Å². The van der Waals surface area contributed by atoms with Gasteiger partial charge >= 0.3 is 0 Å². The van der Waals surface area contributed by atoms with Crippen LogP contribution in [0, 0.1) is 6.92 Å². The number of rotatable bonds is 5. The van der Waals surface area contributed by atoms with E-state index in [1.165, 1.54) is 11.1 Å². The highest BCUT2D eigenvalue weighted by atomic mass is 16.5. The molecule has 3 rings (SSSR count). The fraction of sp³-hybridized carbons (Fsp3) is 0.333. The van der Waals surface area contributed by atoms with Gasteiger partial charge < -0.3 is 4.74 Å². The minimum absolute atomic E-state index is 0.194. The van der Waals surface area contributed by atoms with E-state index in [0.717, 1.165) is 22.8 Å². The number of aryl methyl sites for hydroxylation is 1. The molecule has 0 spiro atoms. The first kappa shape index (κ1) is 17.2. The van der Waals surface area contributed by atoms with Crippen LogP contribution < -0.4 is 9.75 Å². The van der Waals surface area contributed by atoms with E-state index in [1.54, 1.807) is 0 Å². The molecule has 0 bridgehead atoms. The number of nitrogens with zero attached hydrogens (tertiary/aromatic N) is 3. The third-order valence-corrected chi connectivity index (χ3v) is 4.59. The van der Waals surface area contributed by atoms with Gasteiger partial charge in [0.15, 0.2) is 0 Å². The largest absolute Gasteiger partial charge is 0.494 e. The number of hydrogen-bond donors (Lipinski definition) is 0. The molecular weight excluding hydrogens is 310 g/mol. The van der Waals surface area contributed by atoms with E-state index < -0.39 is 0 Å². The lowest BCUT2D eigenvalue weighted by Crippen LogP contribution is -2.27. The summed E-state index contributed by atoms with van der Waals surface area (Å²) in [7, 11) is 1.95. The van der Waals surface area contributed by atoms with Crippen LogP contribution in [0.4, 0.5) is 11.4 Å². The standard InChI is InChI=1S/C21H25N3O/c1-6-25-17-11-12-19-18(13-17)21(3,4)20(23-19)14-22-24(5)16-9-7-15(2)8-10-16/h7-14H,6H2,1-5H3/b22-14+. The molecule has 0 unspecified atom stereocenters. The second-order valence-corrected chi connectivity index (χ2v) is 6.84. The summed E-state index contributed by atoms with van der Waals surface area (Å²) in [4.78, 5) is 4.77. The van der Waals surface area contributed by atoms with Crippen LogP contribution in [0.3, 0.4) is 0 Å². The lowest BCUT2D eigenvalue weighted by molar-refractivity contribution is 0.339. The van der Waals surface area contributed by atoms with E-state index in [4.69, 9.17) is 9.73 Å². The molecule has 0 aromatic heterocycles. The zero-order chi connectivity index (χ0) is 18.0. The van der Waals surface area contributed by atoms with Crippen LogP contribution in [0.15, 0.2) is 52.6 Å². The van der Waals surface area contributed by atoms with Crippen molar-refractivity contribution in [3.05, 3.63) is 53.6 Å². The fourth-order valence-electron chi connectivity index (χ4n) is 2.94. The van der Waals surface area contributed by atoms with Crippen molar-refractivity contribution in [2.75, 3.05) is 18.7 Å². The van der Waals surface area contributed by atoms with Crippen LogP contribution in [0.25, 0.3) is 0 Å². The highest BCUT2D eigenvalue weighted by Gasteiger charge is 2.34. The van der Waals surface area contributed by atoms with Gasteiger partial charge in [-0.05, 0) is 49.7 Å². The van der Waals surface area contributed by atoms with Crippen molar-refractivity contribution in [2.45, 2.75) is 33.1 Å². The summed E-state index contributed by atoms with van der Waals surface area (Å²) in [5.41, 5.74) is 5.22. The Balaban J connectivity index is 1.82. The van der Waals surface area contributed by atoms with Crippen LogP contribution in [0.2, 0.25) is 0 Å². The van der Waals surface area contributed by atoms with E-state index in [0.29, 0.717) is 6.61 Å². The Morgan fingerprint density at radius 3 is 2.56 bits per heavy atom. The molecule has 0 atom stereocenters. The molecule has 25 heavy (non-hydrogen) atoms.